The summed E-state index contributed by atoms with van der Waals surface area (Å²) in [7, 11) is 0. The van der Waals surface area contributed by atoms with Gasteiger partial charge in [0.1, 0.15) is 0 Å². The van der Waals surface area contributed by atoms with Gasteiger partial charge in [0.15, 0.2) is 0 Å². The first-order valence-electron chi connectivity index (χ1n) is 6.13. The summed E-state index contributed by atoms with van der Waals surface area (Å²) in [5.74, 6) is 0.886. The van der Waals surface area contributed by atoms with Crippen molar-refractivity contribution in [3.63, 3.8) is 0 Å². The predicted octanol–water partition coefficient (Wildman–Crippen LogP) is 2.32. The van der Waals surface area contributed by atoms with Gasteiger partial charge in [-0.15, -0.1) is 0 Å². The van der Waals surface area contributed by atoms with Crippen LogP contribution in [0.15, 0.2) is 0 Å². The van der Waals surface area contributed by atoms with Crippen LogP contribution in [0.3, 0.4) is 0 Å². The molecule has 1 aliphatic carbocycles. The minimum absolute atomic E-state index is 0.108. The van der Waals surface area contributed by atoms with Gasteiger partial charge in [-0.3, -0.25) is 0 Å². The molecule has 0 radical (unpaired) electrons. The lowest BCUT2D eigenvalue weighted by Crippen LogP contribution is -2.35. The molecule has 1 rings (SSSR count). The fourth-order valence-corrected chi connectivity index (χ4v) is 2.28. The van der Waals surface area contributed by atoms with E-state index in [2.05, 4.69) is 12.2 Å². The van der Waals surface area contributed by atoms with Crippen LogP contribution in [0.2, 0.25) is 0 Å². The van der Waals surface area contributed by atoms with Crippen molar-refractivity contribution in [3.05, 3.63) is 0 Å². The van der Waals surface area contributed by atoms with E-state index in [1.165, 1.54) is 25.7 Å². The van der Waals surface area contributed by atoms with Gasteiger partial charge >= 0.3 is 0 Å². The van der Waals surface area contributed by atoms with Crippen molar-refractivity contribution in [3.8, 4) is 0 Å². The van der Waals surface area contributed by atoms with Crippen molar-refractivity contribution in [2.75, 3.05) is 6.54 Å². The first kappa shape index (κ1) is 12.0. The molecule has 2 N–H and O–H groups in total. The Morgan fingerprint density at radius 3 is 2.86 bits per heavy atom. The Balaban J connectivity index is 2.05. The Bertz CT molecular complexity index is 149. The topological polar surface area (TPSA) is 32.3 Å². The van der Waals surface area contributed by atoms with Gasteiger partial charge in [-0.25, -0.2) is 0 Å². The average molecular weight is 199 g/mol. The highest BCUT2D eigenvalue weighted by atomic mass is 16.3. The van der Waals surface area contributed by atoms with Crippen molar-refractivity contribution < 1.29 is 5.11 Å². The molecular weight excluding hydrogens is 174 g/mol. The Hall–Kier alpha value is -0.0800. The Labute approximate surface area is 88.1 Å². The van der Waals surface area contributed by atoms with E-state index in [1.807, 2.05) is 6.92 Å². The summed E-state index contributed by atoms with van der Waals surface area (Å²) in [5, 5.41) is 13.0. The normalized spacial score (nSPS) is 30.2. The van der Waals surface area contributed by atoms with Crippen molar-refractivity contribution in [2.24, 2.45) is 5.92 Å². The van der Waals surface area contributed by atoms with E-state index in [9.17, 15) is 5.11 Å². The molecule has 0 amide bonds. The second-order valence-electron chi connectivity index (χ2n) is 4.77. The molecule has 3 unspecified atom stereocenters. The molecule has 0 bridgehead atoms. The second kappa shape index (κ2) is 6.41. The van der Waals surface area contributed by atoms with Gasteiger partial charge in [-0.05, 0) is 38.1 Å². The van der Waals surface area contributed by atoms with E-state index >= 15 is 0 Å². The van der Waals surface area contributed by atoms with Crippen molar-refractivity contribution in [2.45, 2.75) is 64.5 Å². The Morgan fingerprint density at radius 1 is 1.43 bits per heavy atom. The minimum atomic E-state index is -0.108. The maximum Gasteiger partial charge on any atom is 0.0549 e. The minimum Gasteiger partial charge on any atom is -0.393 e. The molecule has 0 aromatic heterocycles. The molecule has 3 atom stereocenters. The molecule has 0 heterocycles. The van der Waals surface area contributed by atoms with Crippen LogP contribution in [0.25, 0.3) is 0 Å². The molecule has 0 spiro atoms. The third-order valence-corrected chi connectivity index (χ3v) is 3.32. The van der Waals surface area contributed by atoms with E-state index < -0.39 is 0 Å². The Morgan fingerprint density at radius 2 is 2.21 bits per heavy atom. The summed E-state index contributed by atoms with van der Waals surface area (Å²) >= 11 is 0. The fourth-order valence-electron chi connectivity index (χ4n) is 2.28. The largest absolute Gasteiger partial charge is 0.393 e. The molecule has 14 heavy (non-hydrogen) atoms. The molecule has 0 saturated heterocycles. The smallest absolute Gasteiger partial charge is 0.0549 e. The maximum absolute atomic E-state index is 9.40. The van der Waals surface area contributed by atoms with Gasteiger partial charge in [0, 0.05) is 6.04 Å². The lowest BCUT2D eigenvalue weighted by atomic mass is 9.87. The quantitative estimate of drug-likeness (QED) is 0.712. The van der Waals surface area contributed by atoms with Gasteiger partial charge < -0.3 is 10.4 Å². The summed E-state index contributed by atoms with van der Waals surface area (Å²) in [4.78, 5) is 0. The molecule has 0 aromatic carbocycles. The van der Waals surface area contributed by atoms with Gasteiger partial charge in [0.2, 0.25) is 0 Å². The van der Waals surface area contributed by atoms with Crippen molar-refractivity contribution in [1.29, 1.82) is 0 Å². The highest BCUT2D eigenvalue weighted by molar-refractivity contribution is 4.75. The standard InChI is InChI=1S/C12H25NO/c1-3-12(14)7-8-13-11-6-4-5-10(2)9-11/h10-14H,3-9H2,1-2H3. The summed E-state index contributed by atoms with van der Waals surface area (Å²) in [5.41, 5.74) is 0. The highest BCUT2D eigenvalue weighted by Crippen LogP contribution is 2.23. The van der Waals surface area contributed by atoms with Crippen LogP contribution >= 0.6 is 0 Å². The molecule has 2 nitrogen and oxygen atoms in total. The lowest BCUT2D eigenvalue weighted by Gasteiger charge is -2.27. The number of nitrogens with one attached hydrogen (secondary N) is 1. The molecule has 1 aliphatic rings. The molecule has 84 valence electrons. The van der Waals surface area contributed by atoms with Crippen molar-refractivity contribution >= 4 is 0 Å². The van der Waals surface area contributed by atoms with Crippen molar-refractivity contribution in [1.82, 2.24) is 5.32 Å². The SMILES string of the molecule is CCC(O)CCNC1CCCC(C)C1. The lowest BCUT2D eigenvalue weighted by molar-refractivity contribution is 0.156. The zero-order valence-corrected chi connectivity index (χ0v) is 9.63. The third kappa shape index (κ3) is 4.43. The number of aliphatic hydroxyl groups is 1. The second-order valence-corrected chi connectivity index (χ2v) is 4.77. The Kier molecular flexibility index (Phi) is 5.49. The number of hydrogen-bond acceptors (Lipinski definition) is 2. The number of rotatable bonds is 5. The highest BCUT2D eigenvalue weighted by Gasteiger charge is 2.17. The summed E-state index contributed by atoms with van der Waals surface area (Å²) < 4.78 is 0. The van der Waals surface area contributed by atoms with E-state index in [1.54, 1.807) is 0 Å². The fraction of sp³-hybridized carbons (Fsp3) is 1.00. The average Bonchev–Trinajstić information content (AvgIpc) is 2.17. The third-order valence-electron chi connectivity index (χ3n) is 3.32. The number of aliphatic hydroxyl groups excluding tert-OH is 1. The van der Waals surface area contributed by atoms with Gasteiger partial charge in [0.25, 0.3) is 0 Å². The molecule has 1 saturated carbocycles. The summed E-state index contributed by atoms with van der Waals surface area (Å²) in [6.07, 6.45) is 7.09. The summed E-state index contributed by atoms with van der Waals surface area (Å²) in [6, 6.07) is 0.711. The van der Waals surface area contributed by atoms with Crippen LogP contribution in [0.4, 0.5) is 0 Å². The van der Waals surface area contributed by atoms with Crippen LogP contribution in [0.1, 0.15) is 52.4 Å². The molecule has 0 aliphatic heterocycles. The summed E-state index contributed by atoms with van der Waals surface area (Å²) in [6.45, 7) is 5.36. The van der Waals surface area contributed by atoms with E-state index in [-0.39, 0.29) is 6.10 Å². The van der Waals surface area contributed by atoms with Crippen LogP contribution in [0.5, 0.6) is 0 Å². The maximum atomic E-state index is 9.40. The van der Waals surface area contributed by atoms with Gasteiger partial charge in [-0.1, -0.05) is 26.7 Å². The molecular formula is C12H25NO. The first-order chi connectivity index (χ1) is 6.72. The predicted molar refractivity (Wildman–Crippen MR) is 60.3 cm³/mol. The number of hydrogen-bond donors (Lipinski definition) is 2. The van der Waals surface area contributed by atoms with Gasteiger partial charge in [-0.2, -0.15) is 0 Å². The van der Waals surface area contributed by atoms with Gasteiger partial charge in [0.05, 0.1) is 6.10 Å². The monoisotopic (exact) mass is 199 g/mol. The first-order valence-corrected chi connectivity index (χ1v) is 6.13. The van der Waals surface area contributed by atoms with Crippen LogP contribution in [0, 0.1) is 5.92 Å². The molecule has 1 fully saturated rings. The van der Waals surface area contributed by atoms with E-state index in [4.69, 9.17) is 0 Å². The van der Waals surface area contributed by atoms with E-state index in [0.717, 1.165) is 25.3 Å². The molecule has 0 aromatic rings. The van der Waals surface area contributed by atoms with Crippen LogP contribution in [-0.2, 0) is 0 Å². The molecule has 2 heteroatoms. The van der Waals surface area contributed by atoms with Crippen LogP contribution < -0.4 is 5.32 Å². The van der Waals surface area contributed by atoms with E-state index in [0.29, 0.717) is 6.04 Å². The zero-order chi connectivity index (χ0) is 10.4. The zero-order valence-electron chi connectivity index (χ0n) is 9.63. The van der Waals surface area contributed by atoms with Crippen LogP contribution in [-0.4, -0.2) is 23.8 Å².